The third-order valence-electron chi connectivity index (χ3n) is 4.88. The lowest BCUT2D eigenvalue weighted by Gasteiger charge is -2.38. The Morgan fingerprint density at radius 2 is 1.79 bits per heavy atom. The van der Waals surface area contributed by atoms with E-state index in [-0.39, 0.29) is 31.2 Å². The highest BCUT2D eigenvalue weighted by atomic mass is 35.5. The van der Waals surface area contributed by atoms with Crippen molar-refractivity contribution in [2.24, 2.45) is 5.41 Å². The molecule has 2 atom stereocenters. The van der Waals surface area contributed by atoms with Crippen molar-refractivity contribution < 1.29 is 8.78 Å². The van der Waals surface area contributed by atoms with Crippen molar-refractivity contribution in [3.05, 3.63) is 0 Å². The van der Waals surface area contributed by atoms with Crippen molar-refractivity contribution in [1.29, 1.82) is 0 Å². The number of nitrogens with zero attached hydrogens (tertiary/aromatic N) is 1. The first-order valence-electron chi connectivity index (χ1n) is 6.96. The van der Waals surface area contributed by atoms with Gasteiger partial charge in [0.25, 0.3) is 5.92 Å². The van der Waals surface area contributed by atoms with Crippen molar-refractivity contribution >= 4 is 24.8 Å². The number of halogens is 4. The Morgan fingerprint density at radius 1 is 1.05 bits per heavy atom. The lowest BCUT2D eigenvalue weighted by atomic mass is 9.92. The molecule has 2 nitrogen and oxygen atoms in total. The highest BCUT2D eigenvalue weighted by Gasteiger charge is 2.71. The fourth-order valence-corrected chi connectivity index (χ4v) is 3.67. The summed E-state index contributed by atoms with van der Waals surface area (Å²) < 4.78 is 26.9. The molecule has 3 fully saturated rings. The van der Waals surface area contributed by atoms with Crippen molar-refractivity contribution in [3.63, 3.8) is 0 Å². The van der Waals surface area contributed by atoms with Crippen LogP contribution in [0.3, 0.4) is 0 Å². The van der Waals surface area contributed by atoms with Gasteiger partial charge < -0.3 is 5.32 Å². The summed E-state index contributed by atoms with van der Waals surface area (Å²) in [7, 11) is 0. The van der Waals surface area contributed by atoms with Crippen LogP contribution in [0.15, 0.2) is 0 Å². The molecule has 0 amide bonds. The average molecular weight is 317 g/mol. The number of hydrogen-bond acceptors (Lipinski definition) is 2. The molecule has 3 aliphatic rings. The normalized spacial score (nSPS) is 37.9. The largest absolute Gasteiger partial charge is 0.317 e. The molecule has 19 heavy (non-hydrogen) atoms. The minimum atomic E-state index is -2.37. The van der Waals surface area contributed by atoms with E-state index in [1.165, 1.54) is 12.8 Å². The molecule has 0 bridgehead atoms. The number of rotatable bonds is 1. The van der Waals surface area contributed by atoms with Gasteiger partial charge in [-0.2, -0.15) is 0 Å². The first kappa shape index (κ1) is 17.4. The van der Waals surface area contributed by atoms with E-state index in [1.54, 1.807) is 0 Å². The van der Waals surface area contributed by atoms with Gasteiger partial charge in [-0.15, -0.1) is 24.8 Å². The highest BCUT2D eigenvalue weighted by molar-refractivity contribution is 5.85. The quantitative estimate of drug-likeness (QED) is 0.799. The van der Waals surface area contributed by atoms with Crippen LogP contribution >= 0.6 is 24.8 Å². The molecule has 1 saturated carbocycles. The van der Waals surface area contributed by atoms with Crippen LogP contribution in [0, 0.1) is 5.41 Å². The number of likely N-dealkylation sites (tertiary alicyclic amines) is 1. The Labute approximate surface area is 126 Å². The Morgan fingerprint density at radius 3 is 2.47 bits per heavy atom. The van der Waals surface area contributed by atoms with Crippen molar-refractivity contribution in [3.8, 4) is 0 Å². The zero-order valence-electron chi connectivity index (χ0n) is 11.2. The van der Waals surface area contributed by atoms with E-state index in [0.717, 1.165) is 38.9 Å². The van der Waals surface area contributed by atoms with Gasteiger partial charge in [-0.3, -0.25) is 4.90 Å². The third kappa shape index (κ3) is 3.34. The molecule has 0 aromatic rings. The summed E-state index contributed by atoms with van der Waals surface area (Å²) in [5, 5.41) is 3.39. The average Bonchev–Trinajstić information content (AvgIpc) is 2.92. The maximum Gasteiger partial charge on any atom is 0.255 e. The van der Waals surface area contributed by atoms with E-state index < -0.39 is 11.3 Å². The van der Waals surface area contributed by atoms with Gasteiger partial charge in [-0.05, 0) is 51.7 Å². The van der Waals surface area contributed by atoms with Crippen LogP contribution in [0.4, 0.5) is 8.78 Å². The first-order chi connectivity index (χ1) is 8.13. The predicted octanol–water partition coefficient (Wildman–Crippen LogP) is 3.09. The van der Waals surface area contributed by atoms with E-state index in [9.17, 15) is 8.78 Å². The molecule has 3 rings (SSSR count). The number of hydrogen-bond donors (Lipinski definition) is 1. The Bertz CT molecular complexity index is 296. The fraction of sp³-hybridized carbons (Fsp3) is 1.00. The molecule has 0 radical (unpaired) electrons. The Hall–Kier alpha value is 0.360. The van der Waals surface area contributed by atoms with Crippen LogP contribution in [-0.4, -0.2) is 43.0 Å². The van der Waals surface area contributed by atoms with Gasteiger partial charge in [0.1, 0.15) is 0 Å². The zero-order valence-corrected chi connectivity index (χ0v) is 12.8. The number of alkyl halides is 2. The molecule has 1 spiro atoms. The smallest absolute Gasteiger partial charge is 0.255 e. The van der Waals surface area contributed by atoms with Crippen molar-refractivity contribution in [2.75, 3.05) is 26.2 Å². The second-order valence-corrected chi connectivity index (χ2v) is 6.07. The molecule has 2 saturated heterocycles. The van der Waals surface area contributed by atoms with Crippen LogP contribution in [0.5, 0.6) is 0 Å². The SMILES string of the molecule is Cl.Cl.FC1(F)CC12CCCN(C1CCCNCC1)C2. The number of piperidine rings is 1. The summed E-state index contributed by atoms with van der Waals surface area (Å²) in [6, 6.07) is 0.540. The molecule has 6 heteroatoms. The van der Waals surface area contributed by atoms with E-state index >= 15 is 0 Å². The Kier molecular flexibility index (Phi) is 5.88. The maximum absolute atomic E-state index is 13.5. The van der Waals surface area contributed by atoms with E-state index in [4.69, 9.17) is 0 Å². The van der Waals surface area contributed by atoms with Gasteiger partial charge in [0.2, 0.25) is 0 Å². The lowest BCUT2D eigenvalue weighted by Crippen LogP contribution is -2.45. The molecule has 114 valence electrons. The maximum atomic E-state index is 13.5. The minimum absolute atomic E-state index is 0. The van der Waals surface area contributed by atoms with Crippen LogP contribution in [0.1, 0.15) is 38.5 Å². The Balaban J connectivity index is 0.000000902. The van der Waals surface area contributed by atoms with E-state index in [0.29, 0.717) is 12.6 Å². The second kappa shape index (κ2) is 6.42. The summed E-state index contributed by atoms with van der Waals surface area (Å²) in [5.41, 5.74) is -0.634. The molecular weight excluding hydrogens is 293 g/mol. The summed E-state index contributed by atoms with van der Waals surface area (Å²) >= 11 is 0. The van der Waals surface area contributed by atoms with Crippen molar-refractivity contribution in [2.45, 2.75) is 50.5 Å². The van der Waals surface area contributed by atoms with Crippen LogP contribution in [-0.2, 0) is 0 Å². The van der Waals surface area contributed by atoms with Gasteiger partial charge in [0, 0.05) is 19.0 Å². The molecule has 2 aliphatic heterocycles. The summed E-state index contributed by atoms with van der Waals surface area (Å²) in [5.74, 6) is -2.37. The molecular formula is C13H24Cl2F2N2. The van der Waals surface area contributed by atoms with Crippen molar-refractivity contribution in [1.82, 2.24) is 10.2 Å². The van der Waals surface area contributed by atoms with Crippen LogP contribution in [0.25, 0.3) is 0 Å². The monoisotopic (exact) mass is 316 g/mol. The molecule has 2 unspecified atom stereocenters. The van der Waals surface area contributed by atoms with E-state index in [2.05, 4.69) is 10.2 Å². The van der Waals surface area contributed by atoms with Crippen LogP contribution < -0.4 is 5.32 Å². The molecule has 2 heterocycles. The lowest BCUT2D eigenvalue weighted by molar-refractivity contribution is 0.0109. The standard InChI is InChI=1S/C13H22F2N2.2ClH/c14-13(15)9-12(13)5-2-8-17(10-12)11-3-1-6-16-7-4-11;;/h11,16H,1-10H2;2*1H. The van der Waals surface area contributed by atoms with Gasteiger partial charge in [-0.1, -0.05) is 0 Å². The van der Waals surface area contributed by atoms with Gasteiger partial charge in [0.15, 0.2) is 0 Å². The summed E-state index contributed by atoms with van der Waals surface area (Å²) in [4.78, 5) is 2.36. The second-order valence-electron chi connectivity index (χ2n) is 6.07. The molecule has 1 aliphatic carbocycles. The summed E-state index contributed by atoms with van der Waals surface area (Å²) in [6.45, 7) is 3.81. The zero-order chi connectivity index (χ0) is 11.9. The molecule has 0 aromatic heterocycles. The van der Waals surface area contributed by atoms with Gasteiger partial charge >= 0.3 is 0 Å². The molecule has 1 N–H and O–H groups in total. The topological polar surface area (TPSA) is 15.3 Å². The first-order valence-corrected chi connectivity index (χ1v) is 6.96. The van der Waals surface area contributed by atoms with Gasteiger partial charge in [-0.25, -0.2) is 8.78 Å². The fourth-order valence-electron chi connectivity index (χ4n) is 3.67. The third-order valence-corrected chi connectivity index (χ3v) is 4.88. The predicted molar refractivity (Wildman–Crippen MR) is 77.8 cm³/mol. The van der Waals surface area contributed by atoms with Crippen LogP contribution in [0.2, 0.25) is 0 Å². The molecule has 0 aromatic carbocycles. The van der Waals surface area contributed by atoms with E-state index in [1.807, 2.05) is 0 Å². The highest BCUT2D eigenvalue weighted by Crippen LogP contribution is 2.64. The number of nitrogens with one attached hydrogen (secondary N) is 1. The van der Waals surface area contributed by atoms with Gasteiger partial charge in [0.05, 0.1) is 5.41 Å². The summed E-state index contributed by atoms with van der Waals surface area (Å²) in [6.07, 6.45) is 5.32. The minimum Gasteiger partial charge on any atom is -0.317 e.